The molecule has 228 valence electrons. The summed E-state index contributed by atoms with van der Waals surface area (Å²) in [6.45, 7) is 9.77. The predicted octanol–water partition coefficient (Wildman–Crippen LogP) is 5.88. The molecule has 0 spiro atoms. The lowest BCUT2D eigenvalue weighted by molar-refractivity contribution is 0.0290. The molecule has 3 aromatic carbocycles. The molecule has 2 aliphatic rings. The van der Waals surface area contributed by atoms with Gasteiger partial charge in [-0.15, -0.1) is 0 Å². The summed E-state index contributed by atoms with van der Waals surface area (Å²) >= 11 is 1.83. The number of methoxy groups -OCH3 is 1. The molecule has 2 fully saturated rings. The largest absolute Gasteiger partial charge is 0.465 e. The zero-order chi connectivity index (χ0) is 30.3. The molecule has 0 unspecified atom stereocenters. The number of thioether (sulfide) groups is 1. The fourth-order valence-electron chi connectivity index (χ4n) is 6.03. The van der Waals surface area contributed by atoms with Crippen molar-refractivity contribution in [2.24, 2.45) is 0 Å². The Labute approximate surface area is 258 Å². The molecule has 2 aliphatic heterocycles. The van der Waals surface area contributed by atoms with Gasteiger partial charge in [-0.25, -0.2) is 14.0 Å². The van der Waals surface area contributed by atoms with E-state index in [-0.39, 0.29) is 18.1 Å². The number of anilines is 1. The van der Waals surface area contributed by atoms with Crippen molar-refractivity contribution >= 4 is 29.4 Å². The van der Waals surface area contributed by atoms with Crippen molar-refractivity contribution in [1.82, 2.24) is 14.7 Å². The molecular weight excluding hydrogens is 563 g/mol. The van der Waals surface area contributed by atoms with E-state index in [9.17, 15) is 9.59 Å². The molecule has 5 rings (SSSR count). The van der Waals surface area contributed by atoms with Crippen LogP contribution in [-0.2, 0) is 24.4 Å². The Bertz CT molecular complexity index is 1370. The maximum absolute atomic E-state index is 15.1. The molecule has 2 heterocycles. The summed E-state index contributed by atoms with van der Waals surface area (Å²) in [5.41, 5.74) is 3.72. The van der Waals surface area contributed by atoms with Crippen LogP contribution in [0.5, 0.6) is 0 Å². The second-order valence-corrected chi connectivity index (χ2v) is 12.7. The summed E-state index contributed by atoms with van der Waals surface area (Å²) in [6, 6.07) is 23.6. The van der Waals surface area contributed by atoms with Gasteiger partial charge in [-0.3, -0.25) is 14.7 Å². The molecule has 0 saturated carbocycles. The van der Waals surface area contributed by atoms with Crippen LogP contribution >= 0.6 is 11.8 Å². The van der Waals surface area contributed by atoms with Crippen LogP contribution < -0.4 is 4.90 Å². The molecule has 2 amide bonds. The van der Waals surface area contributed by atoms with E-state index in [1.807, 2.05) is 28.8 Å². The quantitative estimate of drug-likeness (QED) is 0.299. The minimum Gasteiger partial charge on any atom is -0.465 e. The minimum absolute atomic E-state index is 0.0621. The lowest BCUT2D eigenvalue weighted by Crippen LogP contribution is -2.55. The van der Waals surface area contributed by atoms with Crippen LogP contribution in [0.25, 0.3) is 0 Å². The van der Waals surface area contributed by atoms with Crippen molar-refractivity contribution < 1.29 is 18.7 Å². The Balaban J connectivity index is 1.29. The molecule has 3 aromatic rings. The first-order valence-corrected chi connectivity index (χ1v) is 16.1. The number of carbonyl (C=O) groups excluding carboxylic acids is 2. The Kier molecular flexibility index (Phi) is 10.4. The van der Waals surface area contributed by atoms with E-state index in [2.05, 4.69) is 66.1 Å². The van der Waals surface area contributed by atoms with E-state index < -0.39 is 11.8 Å². The molecule has 0 aliphatic carbocycles. The van der Waals surface area contributed by atoms with Gasteiger partial charge in [-0.1, -0.05) is 48.5 Å². The first-order chi connectivity index (χ1) is 20.8. The van der Waals surface area contributed by atoms with Gasteiger partial charge in [0, 0.05) is 74.1 Å². The van der Waals surface area contributed by atoms with Gasteiger partial charge in [0.1, 0.15) is 5.82 Å². The highest BCUT2D eigenvalue weighted by Gasteiger charge is 2.30. The van der Waals surface area contributed by atoms with Crippen molar-refractivity contribution in [2.45, 2.75) is 45.6 Å². The number of ether oxygens (including phenoxy) is 1. The fourth-order valence-corrected chi connectivity index (χ4v) is 6.93. The number of piperazine rings is 1. The average molecular weight is 605 g/mol. The molecule has 0 bridgehead atoms. The number of benzene rings is 3. The Hall–Kier alpha value is -3.40. The third-order valence-electron chi connectivity index (χ3n) is 8.35. The van der Waals surface area contributed by atoms with Crippen molar-refractivity contribution in [1.29, 1.82) is 0 Å². The zero-order valence-electron chi connectivity index (χ0n) is 25.2. The van der Waals surface area contributed by atoms with E-state index in [1.165, 1.54) is 30.4 Å². The van der Waals surface area contributed by atoms with Crippen molar-refractivity contribution in [2.75, 3.05) is 49.7 Å². The summed E-state index contributed by atoms with van der Waals surface area (Å²) in [6.07, 6.45) is 0. The van der Waals surface area contributed by atoms with Crippen LogP contribution in [0.4, 0.5) is 14.9 Å². The number of nitrogens with zero attached hydrogens (tertiary/aromatic N) is 4. The van der Waals surface area contributed by atoms with Crippen LogP contribution in [0.3, 0.4) is 0 Å². The van der Waals surface area contributed by atoms with E-state index in [0.29, 0.717) is 30.7 Å². The van der Waals surface area contributed by atoms with E-state index >= 15 is 4.39 Å². The highest BCUT2D eigenvalue weighted by molar-refractivity contribution is 7.99. The molecule has 9 heteroatoms. The van der Waals surface area contributed by atoms with Crippen LogP contribution in [0, 0.1) is 5.82 Å². The van der Waals surface area contributed by atoms with Crippen LogP contribution in [0.2, 0.25) is 0 Å². The lowest BCUT2D eigenvalue weighted by atomic mass is 10.0. The summed E-state index contributed by atoms with van der Waals surface area (Å²) in [7, 11) is 1.27. The van der Waals surface area contributed by atoms with Crippen molar-refractivity contribution in [3.8, 4) is 0 Å². The summed E-state index contributed by atoms with van der Waals surface area (Å²) in [4.78, 5) is 34.1. The van der Waals surface area contributed by atoms with Crippen LogP contribution in [0.1, 0.15) is 40.9 Å². The average Bonchev–Trinajstić information content (AvgIpc) is 3.03. The lowest BCUT2D eigenvalue weighted by Gasteiger charge is -2.44. The van der Waals surface area contributed by atoms with Gasteiger partial charge in [0.05, 0.1) is 19.2 Å². The highest BCUT2D eigenvalue weighted by Crippen LogP contribution is 2.26. The Morgan fingerprint density at radius 1 is 0.907 bits per heavy atom. The smallest absolute Gasteiger partial charge is 0.337 e. The maximum atomic E-state index is 15.1. The van der Waals surface area contributed by atoms with Crippen molar-refractivity contribution in [3.63, 3.8) is 0 Å². The summed E-state index contributed by atoms with van der Waals surface area (Å²) < 4.78 is 19.8. The second kappa shape index (κ2) is 14.4. The number of urea groups is 1. The van der Waals surface area contributed by atoms with E-state index in [0.717, 1.165) is 43.4 Å². The van der Waals surface area contributed by atoms with Gasteiger partial charge in [-0.05, 0) is 49.2 Å². The number of esters is 1. The van der Waals surface area contributed by atoms with Gasteiger partial charge < -0.3 is 9.64 Å². The number of amides is 2. The number of halogens is 1. The number of carbonyl (C=O) groups is 2. The molecular formula is C34H41FN4O3S. The second-order valence-electron chi connectivity index (χ2n) is 11.5. The third-order valence-corrected chi connectivity index (χ3v) is 9.30. The first-order valence-electron chi connectivity index (χ1n) is 14.9. The summed E-state index contributed by atoms with van der Waals surface area (Å²) in [5.74, 6) is 0.632. The maximum Gasteiger partial charge on any atom is 0.337 e. The number of hydrogen-bond acceptors (Lipinski definition) is 6. The molecule has 0 aromatic heterocycles. The zero-order valence-corrected chi connectivity index (χ0v) is 26.1. The standard InChI is InChI=1S/C34H41FN4O3S/c1-25-20-36(22-27-7-5-4-6-8-27)21-26(2)38(25)23-28-9-13-31(14-10-28)39(34(41)37-15-17-43-18-16-37)24-30-12-11-29(19-32(30)35)33(40)42-3/h4-14,19,25-26H,15-18,20-24H2,1-3H3/t25-,26+. The van der Waals surface area contributed by atoms with E-state index in [1.54, 1.807) is 11.0 Å². The molecule has 0 radical (unpaired) electrons. The highest BCUT2D eigenvalue weighted by atomic mass is 32.2. The normalized spacial score (nSPS) is 19.7. The summed E-state index contributed by atoms with van der Waals surface area (Å²) in [5, 5.41) is 0. The molecule has 2 saturated heterocycles. The van der Waals surface area contributed by atoms with Gasteiger partial charge in [0.2, 0.25) is 0 Å². The van der Waals surface area contributed by atoms with Gasteiger partial charge in [0.25, 0.3) is 0 Å². The Morgan fingerprint density at radius 2 is 1.56 bits per heavy atom. The molecule has 0 N–H and O–H groups in total. The number of hydrogen-bond donors (Lipinski definition) is 0. The SMILES string of the molecule is COC(=O)c1ccc(CN(C(=O)N2CCSCC2)c2ccc(CN3[C@H](C)CN(Cc4ccccc4)C[C@@H]3C)cc2)c(F)c1. The molecule has 7 nitrogen and oxygen atoms in total. The van der Waals surface area contributed by atoms with Gasteiger partial charge in [-0.2, -0.15) is 11.8 Å². The molecule has 43 heavy (non-hydrogen) atoms. The van der Waals surface area contributed by atoms with Crippen molar-refractivity contribution in [3.05, 3.63) is 101 Å². The molecule has 2 atom stereocenters. The van der Waals surface area contributed by atoms with Crippen LogP contribution in [0.15, 0.2) is 72.8 Å². The third kappa shape index (κ3) is 7.77. The predicted molar refractivity (Wildman–Crippen MR) is 171 cm³/mol. The Morgan fingerprint density at radius 3 is 2.19 bits per heavy atom. The van der Waals surface area contributed by atoms with Gasteiger partial charge in [0.15, 0.2) is 0 Å². The van der Waals surface area contributed by atoms with Crippen LogP contribution in [-0.4, -0.2) is 83.6 Å². The first kappa shape index (κ1) is 31.0. The topological polar surface area (TPSA) is 56.3 Å². The monoisotopic (exact) mass is 604 g/mol. The fraction of sp³-hybridized carbons (Fsp3) is 0.412. The minimum atomic E-state index is -0.596. The van der Waals surface area contributed by atoms with Gasteiger partial charge >= 0.3 is 12.0 Å². The number of rotatable bonds is 8. The van der Waals surface area contributed by atoms with E-state index in [4.69, 9.17) is 4.74 Å².